The van der Waals surface area contributed by atoms with Crippen LogP contribution in [0.25, 0.3) is 0 Å². The average Bonchev–Trinajstić information content (AvgIpc) is 2.43. The summed E-state index contributed by atoms with van der Waals surface area (Å²) in [5.41, 5.74) is -0.0325. The second kappa shape index (κ2) is 8.01. The molecule has 1 rings (SSSR count). The number of carbonyl (C=O) groups is 1. The van der Waals surface area contributed by atoms with E-state index in [0.717, 1.165) is 19.3 Å². The van der Waals surface area contributed by atoms with Crippen molar-refractivity contribution in [3.8, 4) is 0 Å². The minimum Gasteiger partial charge on any atom is -0.478 e. The van der Waals surface area contributed by atoms with Crippen LogP contribution < -0.4 is 0 Å². The molecule has 20 heavy (non-hydrogen) atoms. The summed E-state index contributed by atoms with van der Waals surface area (Å²) < 4.78 is 29.3. The second-order valence-corrected chi connectivity index (χ2v) is 6.58. The van der Waals surface area contributed by atoms with Crippen LogP contribution in [0.3, 0.4) is 0 Å². The van der Waals surface area contributed by atoms with Crippen LogP contribution in [0.4, 0.5) is 0 Å². The van der Waals surface area contributed by atoms with Gasteiger partial charge in [-0.05, 0) is 24.6 Å². The van der Waals surface area contributed by atoms with Gasteiger partial charge in [0.25, 0.3) is 0 Å². The number of hydrogen-bond donors (Lipinski definition) is 1. The van der Waals surface area contributed by atoms with Crippen molar-refractivity contribution >= 4 is 15.8 Å². The molecule has 0 fully saturated rings. The van der Waals surface area contributed by atoms with Crippen molar-refractivity contribution in [1.82, 2.24) is 0 Å². The number of aromatic carboxylic acids is 1. The Morgan fingerprint density at radius 3 is 2.65 bits per heavy atom. The molecule has 0 saturated carbocycles. The largest absolute Gasteiger partial charge is 0.478 e. The summed E-state index contributed by atoms with van der Waals surface area (Å²) >= 11 is 0. The monoisotopic (exact) mass is 300 g/mol. The highest BCUT2D eigenvalue weighted by molar-refractivity contribution is 7.91. The molecule has 5 nitrogen and oxygen atoms in total. The maximum Gasteiger partial charge on any atom is 0.335 e. The molecular weight excluding hydrogens is 280 g/mol. The first-order chi connectivity index (χ1) is 9.47. The van der Waals surface area contributed by atoms with Gasteiger partial charge in [-0.2, -0.15) is 0 Å². The molecule has 6 heteroatoms. The average molecular weight is 300 g/mol. The Balaban J connectivity index is 2.56. The highest BCUT2D eigenvalue weighted by Crippen LogP contribution is 2.13. The lowest BCUT2D eigenvalue weighted by atomic mass is 10.2. The van der Waals surface area contributed by atoms with Crippen molar-refractivity contribution in [2.24, 2.45) is 0 Å². The second-order valence-electron chi connectivity index (χ2n) is 4.47. The lowest BCUT2D eigenvalue weighted by Crippen LogP contribution is -2.13. The summed E-state index contributed by atoms with van der Waals surface area (Å²) in [4.78, 5) is 10.8. The molecule has 0 saturated heterocycles. The number of sulfone groups is 1. The van der Waals surface area contributed by atoms with Crippen LogP contribution in [0.15, 0.2) is 29.2 Å². The predicted molar refractivity (Wildman–Crippen MR) is 75.8 cm³/mol. The Bertz CT molecular complexity index is 536. The summed E-state index contributed by atoms with van der Waals surface area (Å²) in [7, 11) is -3.50. The van der Waals surface area contributed by atoms with Gasteiger partial charge in [0, 0.05) is 6.61 Å². The molecule has 1 N–H and O–H groups in total. The molecule has 0 amide bonds. The molecule has 112 valence electrons. The van der Waals surface area contributed by atoms with Crippen molar-refractivity contribution in [2.45, 2.75) is 31.1 Å². The van der Waals surface area contributed by atoms with Gasteiger partial charge in [-0.15, -0.1) is 0 Å². The van der Waals surface area contributed by atoms with E-state index in [4.69, 9.17) is 9.84 Å². The van der Waals surface area contributed by atoms with Gasteiger partial charge < -0.3 is 9.84 Å². The highest BCUT2D eigenvalue weighted by atomic mass is 32.2. The van der Waals surface area contributed by atoms with Crippen molar-refractivity contribution < 1.29 is 23.1 Å². The first-order valence-corrected chi connectivity index (χ1v) is 8.26. The normalized spacial score (nSPS) is 11.4. The van der Waals surface area contributed by atoms with Gasteiger partial charge >= 0.3 is 5.97 Å². The van der Waals surface area contributed by atoms with Gasteiger partial charge in [0.2, 0.25) is 0 Å². The zero-order chi connectivity index (χ0) is 15.0. The third-order valence-corrected chi connectivity index (χ3v) is 4.51. The maximum absolute atomic E-state index is 12.0. The standard InChI is InChI=1S/C14H20O5S/c1-2-3-4-8-19-9-10-20(17,18)13-7-5-6-12(11-13)14(15)16/h5-7,11H,2-4,8-10H2,1H3,(H,15,16). The van der Waals surface area contributed by atoms with Crippen LogP contribution in [0.1, 0.15) is 36.5 Å². The number of ether oxygens (including phenoxy) is 1. The molecule has 0 aromatic heterocycles. The molecule has 0 bridgehead atoms. The van der Waals surface area contributed by atoms with Gasteiger partial charge in [-0.3, -0.25) is 0 Å². The molecule has 0 aliphatic heterocycles. The maximum atomic E-state index is 12.0. The fourth-order valence-corrected chi connectivity index (χ4v) is 2.83. The Hall–Kier alpha value is -1.40. The van der Waals surface area contributed by atoms with Crippen molar-refractivity contribution in [2.75, 3.05) is 19.0 Å². The molecule has 0 atom stereocenters. The van der Waals surface area contributed by atoms with Gasteiger partial charge in [0.05, 0.1) is 22.8 Å². The van der Waals surface area contributed by atoms with E-state index in [1.165, 1.54) is 24.3 Å². The third-order valence-electron chi connectivity index (χ3n) is 2.83. The van der Waals surface area contributed by atoms with E-state index >= 15 is 0 Å². The van der Waals surface area contributed by atoms with Gasteiger partial charge in [-0.25, -0.2) is 13.2 Å². The fraction of sp³-hybridized carbons (Fsp3) is 0.500. The molecule has 0 aliphatic carbocycles. The summed E-state index contributed by atoms with van der Waals surface area (Å²) in [6.45, 7) is 2.77. The Morgan fingerprint density at radius 2 is 2.00 bits per heavy atom. The first-order valence-electron chi connectivity index (χ1n) is 6.61. The summed E-state index contributed by atoms with van der Waals surface area (Å²) in [5, 5.41) is 8.85. The van der Waals surface area contributed by atoms with Crippen molar-refractivity contribution in [3.63, 3.8) is 0 Å². The molecule has 0 spiro atoms. The Labute approximate surface area is 119 Å². The first kappa shape index (κ1) is 16.7. The SMILES string of the molecule is CCCCCOCCS(=O)(=O)c1cccc(C(=O)O)c1. The molecule has 1 aromatic carbocycles. The summed E-state index contributed by atoms with van der Waals surface area (Å²) in [6.07, 6.45) is 3.07. The number of rotatable bonds is 9. The number of carboxylic acid groups (broad SMARTS) is 1. The third kappa shape index (κ3) is 5.30. The molecule has 0 aliphatic rings. The Morgan fingerprint density at radius 1 is 1.25 bits per heavy atom. The number of hydrogen-bond acceptors (Lipinski definition) is 4. The lowest BCUT2D eigenvalue weighted by Gasteiger charge is -2.06. The van der Waals surface area contributed by atoms with Gasteiger partial charge in [0.1, 0.15) is 0 Å². The van der Waals surface area contributed by atoms with E-state index in [-0.39, 0.29) is 22.8 Å². The molecule has 0 heterocycles. The summed E-state index contributed by atoms with van der Waals surface area (Å²) in [6, 6.07) is 5.37. The van der Waals surface area contributed by atoms with E-state index in [9.17, 15) is 13.2 Å². The predicted octanol–water partition coefficient (Wildman–Crippen LogP) is 2.37. The van der Waals surface area contributed by atoms with E-state index in [2.05, 4.69) is 6.92 Å². The van der Waals surface area contributed by atoms with E-state index < -0.39 is 15.8 Å². The van der Waals surface area contributed by atoms with Crippen LogP contribution in [-0.4, -0.2) is 38.5 Å². The minimum atomic E-state index is -3.50. The minimum absolute atomic E-state index is 0.0227. The zero-order valence-corrected chi connectivity index (χ0v) is 12.4. The molecular formula is C14H20O5S. The topological polar surface area (TPSA) is 80.7 Å². The number of unbranched alkanes of at least 4 members (excludes halogenated alkanes) is 2. The highest BCUT2D eigenvalue weighted by Gasteiger charge is 2.16. The van der Waals surface area contributed by atoms with Crippen LogP contribution >= 0.6 is 0 Å². The van der Waals surface area contributed by atoms with Crippen molar-refractivity contribution in [3.05, 3.63) is 29.8 Å². The Kier molecular flexibility index (Phi) is 6.67. The van der Waals surface area contributed by atoms with Gasteiger partial charge in [0.15, 0.2) is 9.84 Å². The molecule has 0 unspecified atom stereocenters. The van der Waals surface area contributed by atoms with Crippen LogP contribution in [0.5, 0.6) is 0 Å². The smallest absolute Gasteiger partial charge is 0.335 e. The quantitative estimate of drug-likeness (QED) is 0.708. The fourth-order valence-electron chi connectivity index (χ4n) is 1.67. The van der Waals surface area contributed by atoms with Crippen LogP contribution in [-0.2, 0) is 14.6 Å². The van der Waals surface area contributed by atoms with Gasteiger partial charge in [-0.1, -0.05) is 25.8 Å². The molecule has 1 aromatic rings. The van der Waals surface area contributed by atoms with E-state index in [1.807, 2.05) is 0 Å². The lowest BCUT2D eigenvalue weighted by molar-refractivity contribution is 0.0696. The van der Waals surface area contributed by atoms with Crippen LogP contribution in [0, 0.1) is 0 Å². The van der Waals surface area contributed by atoms with E-state index in [1.54, 1.807) is 0 Å². The summed E-state index contributed by atoms with van der Waals surface area (Å²) in [5.74, 6) is -1.28. The number of carboxylic acids is 1. The number of benzene rings is 1. The zero-order valence-electron chi connectivity index (χ0n) is 11.5. The van der Waals surface area contributed by atoms with E-state index in [0.29, 0.717) is 6.61 Å². The van der Waals surface area contributed by atoms with Crippen LogP contribution in [0.2, 0.25) is 0 Å². The van der Waals surface area contributed by atoms with Crippen molar-refractivity contribution in [1.29, 1.82) is 0 Å². The molecule has 0 radical (unpaired) electrons.